The molecule has 1 aliphatic heterocycles. The molecule has 2 nitrogen and oxygen atoms in total. The van der Waals surface area contributed by atoms with Crippen LogP contribution in [0.5, 0.6) is 0 Å². The molecule has 0 amide bonds. The van der Waals surface area contributed by atoms with Gasteiger partial charge in [-0.1, -0.05) is 26.7 Å². The lowest BCUT2D eigenvalue weighted by Gasteiger charge is -2.48. The van der Waals surface area contributed by atoms with Gasteiger partial charge < -0.3 is 11.1 Å². The third-order valence-electron chi connectivity index (χ3n) is 7.59. The quantitative estimate of drug-likeness (QED) is 0.793. The molecule has 3 N–H and O–H groups in total. The van der Waals surface area contributed by atoms with Crippen LogP contribution in [-0.2, 0) is 0 Å². The molecule has 0 radical (unpaired) electrons. The second kappa shape index (κ2) is 7.21. The van der Waals surface area contributed by atoms with E-state index in [1.54, 1.807) is 0 Å². The van der Waals surface area contributed by atoms with Crippen LogP contribution < -0.4 is 11.1 Å². The molecule has 1 heterocycles. The first kappa shape index (κ1) is 16.8. The monoisotopic (exact) mass is 306 g/mol. The molecule has 0 aromatic rings. The molecule has 3 rings (SSSR count). The summed E-state index contributed by atoms with van der Waals surface area (Å²) in [6.07, 6.45) is 14.2. The Bertz CT molecular complexity index is 332. The standard InChI is InChI=1S/C20H38N2/c1-15(17-5-7-19(21)8-6-17)3-4-16(2)18-9-11-20(12-10-18)13-22-14-20/h15-19,22H,3-14,21H2,1-2H3. The Labute approximate surface area is 138 Å². The van der Waals surface area contributed by atoms with Gasteiger partial charge in [0.05, 0.1) is 0 Å². The summed E-state index contributed by atoms with van der Waals surface area (Å²) >= 11 is 0. The molecule has 0 aromatic carbocycles. The minimum Gasteiger partial charge on any atom is -0.328 e. The highest BCUT2D eigenvalue weighted by molar-refractivity contribution is 4.96. The number of nitrogens with two attached hydrogens (primary N) is 1. The number of hydrogen-bond acceptors (Lipinski definition) is 2. The van der Waals surface area contributed by atoms with E-state index in [2.05, 4.69) is 19.2 Å². The van der Waals surface area contributed by atoms with Gasteiger partial charge in [-0.15, -0.1) is 0 Å². The van der Waals surface area contributed by atoms with Gasteiger partial charge in [0.15, 0.2) is 0 Å². The van der Waals surface area contributed by atoms with Crippen molar-refractivity contribution in [2.24, 2.45) is 34.8 Å². The van der Waals surface area contributed by atoms with Gasteiger partial charge >= 0.3 is 0 Å². The predicted molar refractivity (Wildman–Crippen MR) is 94.8 cm³/mol. The maximum Gasteiger partial charge on any atom is 0.00390 e. The van der Waals surface area contributed by atoms with Crippen molar-refractivity contribution in [3.05, 3.63) is 0 Å². The molecule has 3 aliphatic rings. The summed E-state index contributed by atoms with van der Waals surface area (Å²) in [6, 6.07) is 0.498. The van der Waals surface area contributed by atoms with E-state index in [0.29, 0.717) is 6.04 Å². The Balaban J connectivity index is 1.36. The lowest BCUT2D eigenvalue weighted by molar-refractivity contribution is 0.0632. The number of rotatable bonds is 5. The maximum absolute atomic E-state index is 6.05. The van der Waals surface area contributed by atoms with Gasteiger partial charge in [0.1, 0.15) is 0 Å². The highest BCUT2D eigenvalue weighted by Gasteiger charge is 2.40. The Morgan fingerprint density at radius 2 is 1.36 bits per heavy atom. The number of nitrogens with one attached hydrogen (secondary N) is 1. The maximum atomic E-state index is 6.05. The molecule has 2 saturated carbocycles. The third kappa shape index (κ3) is 3.87. The second-order valence-corrected chi connectivity index (χ2v) is 9.15. The molecular formula is C20H38N2. The molecule has 1 spiro atoms. The van der Waals surface area contributed by atoms with Gasteiger partial charge in [0.2, 0.25) is 0 Å². The smallest absolute Gasteiger partial charge is 0.00390 e. The Hall–Kier alpha value is -0.0800. The van der Waals surface area contributed by atoms with Crippen molar-refractivity contribution in [2.45, 2.75) is 84.1 Å². The van der Waals surface area contributed by atoms with Crippen LogP contribution in [0.2, 0.25) is 0 Å². The zero-order valence-corrected chi connectivity index (χ0v) is 14.9. The molecule has 3 fully saturated rings. The van der Waals surface area contributed by atoms with Crippen LogP contribution in [0, 0.1) is 29.1 Å². The molecule has 2 atom stereocenters. The van der Waals surface area contributed by atoms with E-state index in [9.17, 15) is 0 Å². The Morgan fingerprint density at radius 1 is 0.864 bits per heavy atom. The summed E-state index contributed by atoms with van der Waals surface area (Å²) in [5.74, 6) is 3.83. The normalized spacial score (nSPS) is 35.0. The van der Waals surface area contributed by atoms with Gasteiger partial charge in [-0.3, -0.25) is 0 Å². The van der Waals surface area contributed by atoms with Gasteiger partial charge in [0, 0.05) is 19.1 Å². The van der Waals surface area contributed by atoms with Crippen LogP contribution in [0.4, 0.5) is 0 Å². The summed E-state index contributed by atoms with van der Waals surface area (Å²) in [7, 11) is 0. The topological polar surface area (TPSA) is 38.0 Å². The molecule has 2 aliphatic carbocycles. The van der Waals surface area contributed by atoms with Crippen LogP contribution in [-0.4, -0.2) is 19.1 Å². The van der Waals surface area contributed by atoms with Gasteiger partial charge in [-0.05, 0) is 80.5 Å². The first-order valence-electron chi connectivity index (χ1n) is 10.0. The first-order valence-corrected chi connectivity index (χ1v) is 10.0. The third-order valence-corrected chi connectivity index (χ3v) is 7.59. The van der Waals surface area contributed by atoms with E-state index in [0.717, 1.165) is 29.1 Å². The second-order valence-electron chi connectivity index (χ2n) is 9.15. The van der Waals surface area contributed by atoms with Crippen LogP contribution in [0.25, 0.3) is 0 Å². The fraction of sp³-hybridized carbons (Fsp3) is 1.00. The minimum absolute atomic E-state index is 0.498. The lowest BCUT2D eigenvalue weighted by atomic mass is 9.64. The van der Waals surface area contributed by atoms with E-state index in [4.69, 9.17) is 5.73 Å². The van der Waals surface area contributed by atoms with Crippen molar-refractivity contribution in [3.63, 3.8) is 0 Å². The van der Waals surface area contributed by atoms with Crippen molar-refractivity contribution in [1.82, 2.24) is 5.32 Å². The summed E-state index contributed by atoms with van der Waals surface area (Å²) in [4.78, 5) is 0. The molecule has 1 saturated heterocycles. The number of hydrogen-bond donors (Lipinski definition) is 2. The van der Waals surface area contributed by atoms with Crippen LogP contribution in [0.15, 0.2) is 0 Å². The largest absolute Gasteiger partial charge is 0.328 e. The van der Waals surface area contributed by atoms with Crippen LogP contribution in [0.1, 0.15) is 78.1 Å². The van der Waals surface area contributed by atoms with Gasteiger partial charge in [-0.25, -0.2) is 0 Å². The zero-order chi connectivity index (χ0) is 15.6. The van der Waals surface area contributed by atoms with E-state index in [1.807, 2.05) is 0 Å². The van der Waals surface area contributed by atoms with Crippen molar-refractivity contribution in [3.8, 4) is 0 Å². The van der Waals surface area contributed by atoms with Crippen molar-refractivity contribution in [1.29, 1.82) is 0 Å². The Kier molecular flexibility index (Phi) is 5.50. The molecule has 2 unspecified atom stereocenters. The summed E-state index contributed by atoms with van der Waals surface area (Å²) in [6.45, 7) is 7.64. The zero-order valence-electron chi connectivity index (χ0n) is 14.9. The van der Waals surface area contributed by atoms with E-state index >= 15 is 0 Å². The Morgan fingerprint density at radius 3 is 1.82 bits per heavy atom. The van der Waals surface area contributed by atoms with Crippen molar-refractivity contribution in [2.75, 3.05) is 13.1 Å². The predicted octanol–water partition coefficient (Wildman–Crippen LogP) is 4.34. The van der Waals surface area contributed by atoms with E-state index in [-0.39, 0.29) is 0 Å². The summed E-state index contributed by atoms with van der Waals surface area (Å²) in [5.41, 5.74) is 6.78. The molecule has 0 bridgehead atoms. The van der Waals surface area contributed by atoms with Crippen LogP contribution in [0.3, 0.4) is 0 Å². The molecule has 0 aromatic heterocycles. The van der Waals surface area contributed by atoms with Crippen LogP contribution >= 0.6 is 0 Å². The molecule has 22 heavy (non-hydrogen) atoms. The minimum atomic E-state index is 0.498. The van der Waals surface area contributed by atoms with E-state index < -0.39 is 0 Å². The molecular weight excluding hydrogens is 268 g/mol. The van der Waals surface area contributed by atoms with Gasteiger partial charge in [-0.2, -0.15) is 0 Å². The van der Waals surface area contributed by atoms with Gasteiger partial charge in [0.25, 0.3) is 0 Å². The highest BCUT2D eigenvalue weighted by atomic mass is 15.0. The highest BCUT2D eigenvalue weighted by Crippen LogP contribution is 2.45. The van der Waals surface area contributed by atoms with Crippen molar-refractivity contribution >= 4 is 0 Å². The fourth-order valence-electron chi connectivity index (χ4n) is 5.36. The van der Waals surface area contributed by atoms with Crippen molar-refractivity contribution < 1.29 is 0 Å². The first-order chi connectivity index (χ1) is 10.6. The molecule has 128 valence electrons. The average Bonchev–Trinajstić information content (AvgIpc) is 2.51. The lowest BCUT2D eigenvalue weighted by Crippen LogP contribution is -2.55. The SMILES string of the molecule is CC(CCC(C)C1CCC2(CC1)CNC2)C1CCC(N)CC1. The average molecular weight is 307 g/mol. The molecule has 2 heteroatoms. The summed E-state index contributed by atoms with van der Waals surface area (Å²) in [5, 5.41) is 3.49. The van der Waals surface area contributed by atoms with E-state index in [1.165, 1.54) is 77.3 Å². The summed E-state index contributed by atoms with van der Waals surface area (Å²) < 4.78 is 0. The fourth-order valence-corrected chi connectivity index (χ4v) is 5.36.